The summed E-state index contributed by atoms with van der Waals surface area (Å²) in [5.74, 6) is 1.11. The molecule has 2 aliphatic heterocycles. The van der Waals surface area contributed by atoms with Gasteiger partial charge in [0.1, 0.15) is 6.04 Å². The molecule has 2 fully saturated rings. The average molecular weight is 389 g/mol. The van der Waals surface area contributed by atoms with Crippen molar-refractivity contribution in [3.05, 3.63) is 11.8 Å². The van der Waals surface area contributed by atoms with Crippen molar-refractivity contribution in [1.29, 1.82) is 0 Å². The van der Waals surface area contributed by atoms with Gasteiger partial charge in [-0.15, -0.1) is 14.5 Å². The fourth-order valence-electron chi connectivity index (χ4n) is 3.37. The molecule has 0 radical (unpaired) electrons. The number of nitrogens with zero attached hydrogens (tertiary/aromatic N) is 4. The molecule has 1 aromatic heterocycles. The number of amides is 2. The summed E-state index contributed by atoms with van der Waals surface area (Å²) < 4.78 is 41.0. The molecule has 11 nitrogen and oxygen atoms in total. The number of hydrogen-bond acceptors (Lipinski definition) is 8. The first-order valence-electron chi connectivity index (χ1n) is 8.68. The summed E-state index contributed by atoms with van der Waals surface area (Å²) in [4.78, 5) is 14.0. The van der Waals surface area contributed by atoms with E-state index in [0.717, 1.165) is 25.9 Å². The highest BCUT2D eigenvalue weighted by molar-refractivity contribution is 7.80. The van der Waals surface area contributed by atoms with Crippen LogP contribution in [0.2, 0.25) is 0 Å². The molecular formula is C14H23N5O6S. The van der Waals surface area contributed by atoms with Gasteiger partial charge in [0.25, 0.3) is 0 Å². The Balaban J connectivity index is 1.78. The Kier molecular flexibility index (Phi) is 5.75. The summed E-state index contributed by atoms with van der Waals surface area (Å²) in [6.45, 7) is 3.87. The van der Waals surface area contributed by atoms with E-state index in [2.05, 4.69) is 19.8 Å². The van der Waals surface area contributed by atoms with Crippen LogP contribution in [0, 0.1) is 0 Å². The number of aromatic nitrogens is 2. The molecule has 146 valence electrons. The minimum atomic E-state index is -4.78. The van der Waals surface area contributed by atoms with Gasteiger partial charge in [-0.2, -0.15) is 13.5 Å². The molecule has 0 aliphatic carbocycles. The molecule has 0 aromatic carbocycles. The van der Waals surface area contributed by atoms with Gasteiger partial charge in [0.2, 0.25) is 11.8 Å². The Morgan fingerprint density at radius 1 is 1.27 bits per heavy atom. The molecule has 2 amide bonds. The van der Waals surface area contributed by atoms with Crippen molar-refractivity contribution in [1.82, 2.24) is 25.5 Å². The summed E-state index contributed by atoms with van der Waals surface area (Å²) in [6.07, 6.45) is 2.80. The van der Waals surface area contributed by atoms with Gasteiger partial charge in [0.05, 0.1) is 6.54 Å². The maximum absolute atomic E-state index is 12.6. The van der Waals surface area contributed by atoms with Gasteiger partial charge in [-0.05, 0) is 45.7 Å². The molecule has 2 N–H and O–H groups in total. The summed E-state index contributed by atoms with van der Waals surface area (Å²) in [7, 11) is -4.78. The van der Waals surface area contributed by atoms with Gasteiger partial charge < -0.3 is 14.6 Å². The van der Waals surface area contributed by atoms with Crippen molar-refractivity contribution in [3.63, 3.8) is 0 Å². The molecule has 0 bridgehead atoms. The van der Waals surface area contributed by atoms with Crippen LogP contribution < -0.4 is 5.32 Å². The van der Waals surface area contributed by atoms with E-state index in [4.69, 9.17) is 8.97 Å². The first-order chi connectivity index (χ1) is 12.4. The first kappa shape index (κ1) is 19.0. The van der Waals surface area contributed by atoms with Crippen molar-refractivity contribution in [2.45, 2.75) is 44.6 Å². The summed E-state index contributed by atoms with van der Waals surface area (Å²) in [5, 5.41) is 12.2. The van der Waals surface area contributed by atoms with Gasteiger partial charge in [0, 0.05) is 12.5 Å². The Bertz CT molecular complexity index is 732. The van der Waals surface area contributed by atoms with Crippen molar-refractivity contribution >= 4 is 16.4 Å². The molecular weight excluding hydrogens is 366 g/mol. The largest absolute Gasteiger partial charge is 0.423 e. The molecule has 0 spiro atoms. The number of carbonyl (C=O) groups excluding carboxylic acids is 1. The van der Waals surface area contributed by atoms with Crippen LogP contribution in [0.15, 0.2) is 4.42 Å². The lowest BCUT2D eigenvalue weighted by molar-refractivity contribution is -0.0278. The highest BCUT2D eigenvalue weighted by atomic mass is 32.3. The Labute approximate surface area is 151 Å². The second kappa shape index (κ2) is 7.86. The standard InChI is InChI=1S/C14H23N5O6S/c1-2-18-11(4-3-9-19(14(18)20)25-26(21,22)23)13-17-16-12(24-13)10-5-7-15-8-6-10/h10-11,15H,2-9H2,1H3,(H,21,22,23)/t11-/m0/s1. The van der Waals surface area contributed by atoms with Crippen LogP contribution in [0.3, 0.4) is 0 Å². The number of rotatable bonds is 5. The summed E-state index contributed by atoms with van der Waals surface area (Å²) in [5.41, 5.74) is 0. The van der Waals surface area contributed by atoms with E-state index in [1.807, 2.05) is 0 Å². The van der Waals surface area contributed by atoms with E-state index >= 15 is 0 Å². The fourth-order valence-corrected chi connectivity index (χ4v) is 3.73. The van der Waals surface area contributed by atoms with Gasteiger partial charge in [-0.25, -0.2) is 4.79 Å². The van der Waals surface area contributed by atoms with Crippen LogP contribution in [-0.4, -0.2) is 65.3 Å². The normalized spacial score (nSPS) is 23.3. The van der Waals surface area contributed by atoms with Gasteiger partial charge in [-0.3, -0.25) is 4.55 Å². The average Bonchev–Trinajstić information content (AvgIpc) is 3.04. The molecule has 1 atom stereocenters. The third-order valence-corrected chi connectivity index (χ3v) is 5.00. The predicted molar refractivity (Wildman–Crippen MR) is 88.2 cm³/mol. The molecule has 0 unspecified atom stereocenters. The third kappa shape index (κ3) is 4.31. The monoisotopic (exact) mass is 389 g/mol. The Morgan fingerprint density at radius 2 is 1.96 bits per heavy atom. The van der Waals surface area contributed by atoms with Crippen LogP contribution in [0.1, 0.15) is 56.3 Å². The lowest BCUT2D eigenvalue weighted by Crippen LogP contribution is -2.43. The van der Waals surface area contributed by atoms with Gasteiger partial charge in [0.15, 0.2) is 0 Å². The van der Waals surface area contributed by atoms with E-state index in [9.17, 15) is 13.2 Å². The zero-order chi connectivity index (χ0) is 18.7. The fraction of sp³-hybridized carbons (Fsp3) is 0.786. The topological polar surface area (TPSA) is 138 Å². The Hall–Kier alpha value is -1.76. The van der Waals surface area contributed by atoms with E-state index in [0.29, 0.717) is 36.2 Å². The minimum Gasteiger partial charge on any atom is -0.423 e. The van der Waals surface area contributed by atoms with Crippen LogP contribution in [-0.2, 0) is 14.7 Å². The second-order valence-electron chi connectivity index (χ2n) is 6.33. The van der Waals surface area contributed by atoms with Crippen LogP contribution in [0.25, 0.3) is 0 Å². The lowest BCUT2D eigenvalue weighted by atomic mass is 9.98. The van der Waals surface area contributed by atoms with Crippen molar-refractivity contribution in [2.24, 2.45) is 0 Å². The number of urea groups is 1. The molecule has 12 heteroatoms. The summed E-state index contributed by atoms with van der Waals surface area (Å²) >= 11 is 0. The van der Waals surface area contributed by atoms with Crippen LogP contribution >= 0.6 is 0 Å². The SMILES string of the molecule is CCN1C(=O)N(OS(=O)(=O)O)CCC[C@H]1c1nnc(C2CCNCC2)o1. The molecule has 26 heavy (non-hydrogen) atoms. The van der Waals surface area contributed by atoms with Crippen LogP contribution in [0.4, 0.5) is 4.79 Å². The number of piperidine rings is 1. The third-order valence-electron chi connectivity index (χ3n) is 4.63. The Morgan fingerprint density at radius 3 is 2.62 bits per heavy atom. The number of hydroxylamine groups is 2. The molecule has 1 aromatic rings. The predicted octanol–water partition coefficient (Wildman–Crippen LogP) is 0.850. The first-order valence-corrected chi connectivity index (χ1v) is 10.0. The number of nitrogens with one attached hydrogen (secondary N) is 1. The molecule has 3 rings (SSSR count). The van der Waals surface area contributed by atoms with E-state index in [-0.39, 0.29) is 12.5 Å². The lowest BCUT2D eigenvalue weighted by Gasteiger charge is -2.28. The van der Waals surface area contributed by atoms with E-state index < -0.39 is 22.5 Å². The maximum Gasteiger partial charge on any atom is 0.418 e. The maximum atomic E-state index is 12.6. The van der Waals surface area contributed by atoms with E-state index in [1.54, 1.807) is 6.92 Å². The van der Waals surface area contributed by atoms with Crippen molar-refractivity contribution in [2.75, 3.05) is 26.2 Å². The molecule has 2 aliphatic rings. The smallest absolute Gasteiger partial charge is 0.418 e. The highest BCUT2D eigenvalue weighted by Gasteiger charge is 2.36. The van der Waals surface area contributed by atoms with Crippen molar-refractivity contribution in [3.8, 4) is 0 Å². The van der Waals surface area contributed by atoms with E-state index in [1.165, 1.54) is 4.90 Å². The number of hydrogen-bond donors (Lipinski definition) is 2. The molecule has 0 saturated carbocycles. The minimum absolute atomic E-state index is 0.0287. The second-order valence-corrected chi connectivity index (χ2v) is 7.34. The van der Waals surface area contributed by atoms with Crippen LogP contribution in [0.5, 0.6) is 0 Å². The summed E-state index contributed by atoms with van der Waals surface area (Å²) in [6, 6.07) is -1.14. The zero-order valence-electron chi connectivity index (χ0n) is 14.5. The molecule has 2 saturated heterocycles. The zero-order valence-corrected chi connectivity index (χ0v) is 15.3. The van der Waals surface area contributed by atoms with Crippen molar-refractivity contribution < 1.29 is 26.5 Å². The van der Waals surface area contributed by atoms with Gasteiger partial charge in [-0.1, -0.05) is 0 Å². The highest BCUT2D eigenvalue weighted by Crippen LogP contribution is 2.32. The molecule has 3 heterocycles. The number of carbonyl (C=O) groups is 1. The quantitative estimate of drug-likeness (QED) is 0.702. The van der Waals surface area contributed by atoms with Gasteiger partial charge >= 0.3 is 16.4 Å².